The number of fused-ring (bicyclic) bond motifs is 1. The van der Waals surface area contributed by atoms with Gasteiger partial charge in [0.1, 0.15) is 9.84 Å². The summed E-state index contributed by atoms with van der Waals surface area (Å²) in [5.74, 6) is -0.608. The average molecular weight is 827 g/mol. The van der Waals surface area contributed by atoms with Crippen molar-refractivity contribution in [2.24, 2.45) is 0 Å². The maximum atomic E-state index is 13.8. The number of aryl methyl sites for hydroxylation is 1. The third-order valence-corrected chi connectivity index (χ3v) is 13.6. The van der Waals surface area contributed by atoms with Crippen LogP contribution in [-0.4, -0.2) is 111 Å². The van der Waals surface area contributed by atoms with Crippen LogP contribution in [-0.2, 0) is 25.8 Å². The number of amides is 4. The number of hydrogen-bond acceptors (Lipinski definition) is 10. The Morgan fingerprint density at radius 1 is 0.797 bits per heavy atom. The molecule has 0 bridgehead atoms. The highest BCUT2D eigenvalue weighted by Crippen LogP contribution is 2.38. The number of unbranched alkanes of at least 4 members (excludes halogenated alkanes) is 2. The van der Waals surface area contributed by atoms with Gasteiger partial charge < -0.3 is 19.3 Å². The van der Waals surface area contributed by atoms with Crippen molar-refractivity contribution in [3.8, 4) is 11.5 Å². The molecule has 3 fully saturated rings. The molecule has 4 aliphatic rings. The molecule has 0 radical (unpaired) electrons. The minimum atomic E-state index is -3.58. The zero-order valence-electron chi connectivity index (χ0n) is 34.6. The van der Waals surface area contributed by atoms with Gasteiger partial charge in [-0.2, -0.15) is 0 Å². The summed E-state index contributed by atoms with van der Waals surface area (Å²) in [6, 6.07) is 18.5. The predicted octanol–water partition coefficient (Wildman–Crippen LogP) is 6.05. The zero-order chi connectivity index (χ0) is 41.7. The van der Waals surface area contributed by atoms with E-state index in [1.54, 1.807) is 30.3 Å². The minimum absolute atomic E-state index is 0.175. The molecular weight excluding hydrogens is 769 g/mol. The van der Waals surface area contributed by atoms with Crippen molar-refractivity contribution in [1.82, 2.24) is 20.0 Å². The third kappa shape index (κ3) is 10.1. The van der Waals surface area contributed by atoms with Crippen molar-refractivity contribution >= 4 is 33.5 Å². The van der Waals surface area contributed by atoms with Crippen LogP contribution in [0.1, 0.15) is 126 Å². The number of likely N-dealkylation sites (tertiary alicyclic amines) is 2. The summed E-state index contributed by atoms with van der Waals surface area (Å²) in [6.45, 7) is 7.67. The molecule has 0 saturated carbocycles. The van der Waals surface area contributed by atoms with E-state index in [-0.39, 0.29) is 17.7 Å². The highest BCUT2D eigenvalue weighted by Gasteiger charge is 2.42. The Morgan fingerprint density at radius 2 is 1.54 bits per heavy atom. The molecule has 4 aliphatic heterocycles. The van der Waals surface area contributed by atoms with E-state index in [2.05, 4.69) is 33.3 Å². The molecule has 1 N–H and O–H groups in total. The highest BCUT2D eigenvalue weighted by molar-refractivity contribution is 7.90. The number of piperidine rings is 3. The molecule has 1 unspecified atom stereocenters. The van der Waals surface area contributed by atoms with Gasteiger partial charge in [-0.1, -0.05) is 42.8 Å². The first kappa shape index (κ1) is 42.5. The lowest BCUT2D eigenvalue weighted by molar-refractivity contribution is -0.134. The Balaban J connectivity index is 0.850. The van der Waals surface area contributed by atoms with Crippen LogP contribution in [0.2, 0.25) is 0 Å². The first-order valence-electron chi connectivity index (χ1n) is 21.3. The summed E-state index contributed by atoms with van der Waals surface area (Å²) in [5, 5.41) is 2.50. The number of carbonyl (C=O) groups is 4. The quantitative estimate of drug-likeness (QED) is 0.134. The maximum Gasteiger partial charge on any atom is 0.262 e. The Hall–Kier alpha value is -4.59. The van der Waals surface area contributed by atoms with E-state index in [0.29, 0.717) is 59.6 Å². The van der Waals surface area contributed by atoms with E-state index < -0.39 is 33.4 Å². The van der Waals surface area contributed by atoms with Crippen LogP contribution in [0.25, 0.3) is 0 Å². The van der Waals surface area contributed by atoms with E-state index in [9.17, 15) is 27.6 Å². The normalized spacial score (nSPS) is 20.5. The molecule has 3 saturated heterocycles. The molecular formula is C46H58N4O8S. The topological polar surface area (TPSA) is 143 Å². The van der Waals surface area contributed by atoms with E-state index in [1.807, 2.05) is 19.1 Å². The fourth-order valence-electron chi connectivity index (χ4n) is 9.51. The van der Waals surface area contributed by atoms with Gasteiger partial charge >= 0.3 is 0 Å². The number of methoxy groups -OCH3 is 1. The molecule has 59 heavy (non-hydrogen) atoms. The van der Waals surface area contributed by atoms with Gasteiger partial charge in [0, 0.05) is 18.7 Å². The summed E-state index contributed by atoms with van der Waals surface area (Å²) >= 11 is 0. The van der Waals surface area contributed by atoms with Gasteiger partial charge in [-0.05, 0) is 143 Å². The molecule has 2 atom stereocenters. The second-order valence-corrected chi connectivity index (χ2v) is 18.9. The van der Waals surface area contributed by atoms with Crippen LogP contribution in [0.15, 0.2) is 60.7 Å². The average Bonchev–Trinajstić information content (AvgIpc) is 3.47. The second-order valence-electron chi connectivity index (χ2n) is 16.7. The maximum absolute atomic E-state index is 13.8. The van der Waals surface area contributed by atoms with Crippen molar-refractivity contribution in [2.75, 3.05) is 58.4 Å². The van der Waals surface area contributed by atoms with E-state index in [1.165, 1.54) is 25.5 Å². The molecule has 3 aromatic rings. The predicted molar refractivity (Wildman–Crippen MR) is 226 cm³/mol. The van der Waals surface area contributed by atoms with Crippen molar-refractivity contribution in [3.05, 3.63) is 94.0 Å². The molecule has 4 amide bonds. The number of nitrogens with zero attached hydrogens (tertiary/aromatic N) is 3. The van der Waals surface area contributed by atoms with Gasteiger partial charge in [-0.25, -0.2) is 8.42 Å². The molecule has 4 heterocycles. The monoisotopic (exact) mass is 826 g/mol. The SMILES string of the molecule is CCOc1cc([C@@H](CS(C)(=O)=O)N2C(=O)c3ccc(CCCCCN4CCC(N5CCC(c6cccc(C7CCC(=O)NC7=O)c6)CC5)CC4)cc3C2=O)ccc1OC. The summed E-state index contributed by atoms with van der Waals surface area (Å²) in [5.41, 5.74) is 4.41. The van der Waals surface area contributed by atoms with Crippen LogP contribution in [0.4, 0.5) is 0 Å². The third-order valence-electron chi connectivity index (χ3n) is 12.7. The van der Waals surface area contributed by atoms with Gasteiger partial charge in [0.2, 0.25) is 11.8 Å². The standard InChI is InChI=1S/C46H58N4O8S/c1-4-58-42-29-35(13-16-41(42)57-2)40(30-59(3,55)56)50-45(53)38-14-12-31(27-39(38)46(50)54)9-6-5-7-22-48-23-20-36(21-24-48)49-25-18-32(19-26-49)33-10-8-11-34(28-33)37-15-17-43(51)47-44(37)52/h8,10-14,16,27-29,32,36-37,40H,4-7,9,15,17-26,30H2,1-3H3,(H,47,51,52)/t37?,40-/m1/s1. The fraction of sp³-hybridized carbons (Fsp3) is 0.522. The molecule has 13 heteroatoms. The van der Waals surface area contributed by atoms with Crippen LogP contribution in [0.5, 0.6) is 11.5 Å². The summed E-state index contributed by atoms with van der Waals surface area (Å²) in [7, 11) is -2.07. The van der Waals surface area contributed by atoms with Crippen LogP contribution in [0.3, 0.4) is 0 Å². The number of imide groups is 2. The van der Waals surface area contributed by atoms with Crippen molar-refractivity contribution in [1.29, 1.82) is 0 Å². The molecule has 0 aliphatic carbocycles. The number of ether oxygens (including phenoxy) is 2. The molecule has 12 nitrogen and oxygen atoms in total. The smallest absolute Gasteiger partial charge is 0.262 e. The Kier molecular flexibility index (Phi) is 13.5. The lowest BCUT2D eigenvalue weighted by Gasteiger charge is -2.42. The van der Waals surface area contributed by atoms with E-state index >= 15 is 0 Å². The minimum Gasteiger partial charge on any atom is -0.493 e. The first-order valence-corrected chi connectivity index (χ1v) is 23.4. The highest BCUT2D eigenvalue weighted by atomic mass is 32.2. The molecule has 0 spiro atoms. The van der Waals surface area contributed by atoms with Crippen LogP contribution < -0.4 is 14.8 Å². The van der Waals surface area contributed by atoms with Gasteiger partial charge in [0.25, 0.3) is 11.8 Å². The van der Waals surface area contributed by atoms with Crippen LogP contribution in [0, 0.1) is 0 Å². The number of rotatable bonds is 16. The molecule has 316 valence electrons. The van der Waals surface area contributed by atoms with E-state index in [4.69, 9.17) is 9.47 Å². The number of carbonyl (C=O) groups excluding carboxylic acids is 4. The second kappa shape index (κ2) is 18.8. The number of nitrogens with one attached hydrogen (secondary N) is 1. The van der Waals surface area contributed by atoms with Gasteiger partial charge in [-0.3, -0.25) is 29.4 Å². The zero-order valence-corrected chi connectivity index (χ0v) is 35.4. The lowest BCUT2D eigenvalue weighted by Crippen LogP contribution is -2.47. The molecule has 0 aromatic heterocycles. The Labute approximate surface area is 348 Å². The van der Waals surface area contributed by atoms with Gasteiger partial charge in [0.05, 0.1) is 42.6 Å². The molecule has 7 rings (SSSR count). The van der Waals surface area contributed by atoms with E-state index in [0.717, 1.165) is 93.5 Å². The lowest BCUT2D eigenvalue weighted by atomic mass is 9.84. The summed E-state index contributed by atoms with van der Waals surface area (Å²) < 4.78 is 36.3. The largest absolute Gasteiger partial charge is 0.493 e. The van der Waals surface area contributed by atoms with Gasteiger partial charge in [-0.15, -0.1) is 0 Å². The molecule has 3 aromatic carbocycles. The number of sulfone groups is 1. The van der Waals surface area contributed by atoms with Crippen molar-refractivity contribution in [3.63, 3.8) is 0 Å². The number of hydrogen-bond donors (Lipinski definition) is 1. The number of benzene rings is 3. The van der Waals surface area contributed by atoms with Crippen molar-refractivity contribution in [2.45, 2.75) is 95.1 Å². The Bertz CT molecular complexity index is 2140. The van der Waals surface area contributed by atoms with Gasteiger partial charge in [0.15, 0.2) is 11.5 Å². The summed E-state index contributed by atoms with van der Waals surface area (Å²) in [6.07, 6.45) is 10.6. The Morgan fingerprint density at radius 3 is 2.25 bits per heavy atom. The van der Waals surface area contributed by atoms with Crippen molar-refractivity contribution < 1.29 is 37.1 Å². The first-order chi connectivity index (χ1) is 28.4. The fourth-order valence-corrected chi connectivity index (χ4v) is 10.4. The van der Waals surface area contributed by atoms with Crippen LogP contribution >= 0.6 is 0 Å². The summed E-state index contributed by atoms with van der Waals surface area (Å²) in [4.78, 5) is 58.0.